The van der Waals surface area contributed by atoms with E-state index in [2.05, 4.69) is 54.0 Å². The van der Waals surface area contributed by atoms with Crippen molar-refractivity contribution in [1.29, 1.82) is 0 Å². The SMILES string of the molecule is Cc1ccc(-n2c(SCC(=O)N3CCCc4ccccc43)nc3ccccc32)cc1. The summed E-state index contributed by atoms with van der Waals surface area (Å²) in [7, 11) is 0. The van der Waals surface area contributed by atoms with Crippen molar-refractivity contribution in [3.05, 3.63) is 83.9 Å². The van der Waals surface area contributed by atoms with Gasteiger partial charge in [-0.1, -0.05) is 59.8 Å². The highest BCUT2D eigenvalue weighted by atomic mass is 32.2. The topological polar surface area (TPSA) is 38.1 Å². The van der Waals surface area contributed by atoms with Gasteiger partial charge >= 0.3 is 0 Å². The van der Waals surface area contributed by atoms with Crippen LogP contribution >= 0.6 is 11.8 Å². The Balaban J connectivity index is 1.44. The number of para-hydroxylation sites is 3. The van der Waals surface area contributed by atoms with E-state index >= 15 is 0 Å². The smallest absolute Gasteiger partial charge is 0.237 e. The van der Waals surface area contributed by atoms with Crippen LogP contribution in [0.5, 0.6) is 0 Å². The summed E-state index contributed by atoms with van der Waals surface area (Å²) in [6, 6.07) is 24.8. The number of imidazole rings is 1. The Morgan fingerprint density at radius 1 is 1.00 bits per heavy atom. The molecule has 0 saturated carbocycles. The normalized spacial score (nSPS) is 13.4. The maximum absolute atomic E-state index is 13.1. The molecule has 5 rings (SSSR count). The Morgan fingerprint density at radius 3 is 2.63 bits per heavy atom. The number of nitrogens with zero attached hydrogens (tertiary/aromatic N) is 3. The summed E-state index contributed by atoms with van der Waals surface area (Å²) < 4.78 is 2.15. The Kier molecular flexibility index (Phi) is 5.05. The van der Waals surface area contributed by atoms with Gasteiger partial charge in [0.05, 0.1) is 16.8 Å². The highest BCUT2D eigenvalue weighted by molar-refractivity contribution is 7.99. The Bertz CT molecular complexity index is 1210. The number of aromatic nitrogens is 2. The molecule has 0 bridgehead atoms. The Hall–Kier alpha value is -3.05. The third-order valence-electron chi connectivity index (χ3n) is 5.56. The van der Waals surface area contributed by atoms with Gasteiger partial charge in [0.15, 0.2) is 5.16 Å². The molecule has 4 nitrogen and oxygen atoms in total. The van der Waals surface area contributed by atoms with Crippen molar-refractivity contribution in [3.8, 4) is 5.69 Å². The van der Waals surface area contributed by atoms with Gasteiger partial charge < -0.3 is 4.90 Å². The molecule has 1 aromatic heterocycles. The van der Waals surface area contributed by atoms with Crippen LogP contribution in [0.1, 0.15) is 17.5 Å². The fourth-order valence-electron chi connectivity index (χ4n) is 4.04. The van der Waals surface area contributed by atoms with Crippen molar-refractivity contribution < 1.29 is 4.79 Å². The number of anilines is 1. The first-order valence-corrected chi connectivity index (χ1v) is 11.2. The van der Waals surface area contributed by atoms with Gasteiger partial charge in [0, 0.05) is 17.9 Å². The minimum absolute atomic E-state index is 0.134. The second-order valence-corrected chi connectivity index (χ2v) is 8.56. The average molecular weight is 414 g/mol. The van der Waals surface area contributed by atoms with Crippen LogP contribution in [0.3, 0.4) is 0 Å². The fourth-order valence-corrected chi connectivity index (χ4v) is 4.95. The van der Waals surface area contributed by atoms with Crippen LogP contribution in [0.4, 0.5) is 5.69 Å². The zero-order chi connectivity index (χ0) is 20.5. The zero-order valence-corrected chi connectivity index (χ0v) is 17.7. The lowest BCUT2D eigenvalue weighted by Gasteiger charge is -2.29. The van der Waals surface area contributed by atoms with Gasteiger partial charge in [-0.2, -0.15) is 0 Å². The van der Waals surface area contributed by atoms with Crippen molar-refractivity contribution in [2.75, 3.05) is 17.2 Å². The first-order chi connectivity index (χ1) is 14.7. The largest absolute Gasteiger partial charge is 0.311 e. The molecule has 150 valence electrons. The summed E-state index contributed by atoms with van der Waals surface area (Å²) in [4.78, 5) is 19.9. The highest BCUT2D eigenvalue weighted by Crippen LogP contribution is 2.31. The van der Waals surface area contributed by atoms with E-state index < -0.39 is 0 Å². The summed E-state index contributed by atoms with van der Waals surface area (Å²) in [6.45, 7) is 2.87. The summed E-state index contributed by atoms with van der Waals surface area (Å²) in [5, 5.41) is 0.846. The minimum Gasteiger partial charge on any atom is -0.311 e. The lowest BCUT2D eigenvalue weighted by Crippen LogP contribution is -2.36. The van der Waals surface area contributed by atoms with Crippen molar-refractivity contribution in [2.45, 2.75) is 24.9 Å². The number of carbonyl (C=O) groups is 1. The van der Waals surface area contributed by atoms with E-state index in [1.54, 1.807) is 0 Å². The molecule has 1 amide bonds. The number of fused-ring (bicyclic) bond motifs is 2. The number of aryl methyl sites for hydroxylation is 2. The molecule has 1 aliphatic heterocycles. The van der Waals surface area contributed by atoms with E-state index in [1.807, 2.05) is 35.2 Å². The van der Waals surface area contributed by atoms with Crippen LogP contribution in [0.2, 0.25) is 0 Å². The zero-order valence-electron chi connectivity index (χ0n) is 16.9. The second kappa shape index (κ2) is 8.00. The molecule has 0 saturated heterocycles. The Morgan fingerprint density at radius 2 is 1.77 bits per heavy atom. The minimum atomic E-state index is 0.134. The molecule has 5 heteroatoms. The molecule has 0 N–H and O–H groups in total. The van der Waals surface area contributed by atoms with E-state index in [-0.39, 0.29) is 5.91 Å². The second-order valence-electron chi connectivity index (χ2n) is 7.62. The number of rotatable bonds is 4. The molecule has 3 aromatic carbocycles. The van der Waals surface area contributed by atoms with Crippen molar-refractivity contribution in [3.63, 3.8) is 0 Å². The lowest BCUT2D eigenvalue weighted by molar-refractivity contribution is -0.116. The van der Waals surface area contributed by atoms with Crippen LogP contribution < -0.4 is 4.90 Å². The van der Waals surface area contributed by atoms with Gasteiger partial charge in [-0.3, -0.25) is 9.36 Å². The van der Waals surface area contributed by atoms with Gasteiger partial charge in [0.25, 0.3) is 0 Å². The van der Waals surface area contributed by atoms with Crippen molar-refractivity contribution >= 4 is 34.4 Å². The fraction of sp³-hybridized carbons (Fsp3) is 0.200. The molecule has 0 spiro atoms. The number of hydrogen-bond acceptors (Lipinski definition) is 3. The number of hydrogen-bond donors (Lipinski definition) is 0. The number of benzene rings is 3. The molecular formula is C25H23N3OS. The number of carbonyl (C=O) groups excluding carboxylic acids is 1. The third kappa shape index (κ3) is 3.50. The third-order valence-corrected chi connectivity index (χ3v) is 6.48. The van der Waals surface area contributed by atoms with E-state index in [1.165, 1.54) is 22.9 Å². The Labute approximate surface area is 180 Å². The van der Waals surface area contributed by atoms with Crippen LogP contribution in [0, 0.1) is 6.92 Å². The maximum atomic E-state index is 13.1. The monoisotopic (exact) mass is 413 g/mol. The summed E-state index contributed by atoms with van der Waals surface area (Å²) in [5.74, 6) is 0.499. The van der Waals surface area contributed by atoms with E-state index in [0.29, 0.717) is 5.75 Å². The van der Waals surface area contributed by atoms with Crippen LogP contribution in [0.15, 0.2) is 78.0 Å². The molecular weight excluding hydrogens is 390 g/mol. The van der Waals surface area contributed by atoms with Crippen LogP contribution in [-0.4, -0.2) is 27.8 Å². The number of amides is 1. The van der Waals surface area contributed by atoms with Crippen molar-refractivity contribution in [1.82, 2.24) is 9.55 Å². The standard InChI is InChI=1S/C25H23N3OS/c1-18-12-14-20(15-13-18)28-23-11-5-3-9-21(23)26-25(28)30-17-24(29)27-16-6-8-19-7-2-4-10-22(19)27/h2-5,7,9-15H,6,8,16-17H2,1H3. The molecule has 0 atom stereocenters. The quantitative estimate of drug-likeness (QED) is 0.420. The first kappa shape index (κ1) is 18.9. The molecule has 30 heavy (non-hydrogen) atoms. The van der Waals surface area contributed by atoms with Gasteiger partial charge in [-0.15, -0.1) is 0 Å². The van der Waals surface area contributed by atoms with E-state index in [4.69, 9.17) is 4.98 Å². The van der Waals surface area contributed by atoms with Gasteiger partial charge in [0.2, 0.25) is 5.91 Å². The van der Waals surface area contributed by atoms with E-state index in [9.17, 15) is 4.79 Å². The predicted molar refractivity (Wildman–Crippen MR) is 124 cm³/mol. The summed E-state index contributed by atoms with van der Waals surface area (Å²) >= 11 is 1.51. The average Bonchev–Trinajstić information content (AvgIpc) is 3.16. The molecule has 2 heterocycles. The maximum Gasteiger partial charge on any atom is 0.237 e. The molecule has 1 aliphatic rings. The molecule has 0 aliphatic carbocycles. The first-order valence-electron chi connectivity index (χ1n) is 10.3. The van der Waals surface area contributed by atoms with Gasteiger partial charge in [0.1, 0.15) is 0 Å². The number of thioether (sulfide) groups is 1. The van der Waals surface area contributed by atoms with Gasteiger partial charge in [-0.05, 0) is 55.7 Å². The lowest BCUT2D eigenvalue weighted by atomic mass is 10.0. The van der Waals surface area contributed by atoms with Gasteiger partial charge in [-0.25, -0.2) is 4.98 Å². The predicted octanol–water partition coefficient (Wildman–Crippen LogP) is 5.41. The van der Waals surface area contributed by atoms with Crippen molar-refractivity contribution in [2.24, 2.45) is 0 Å². The molecule has 0 fully saturated rings. The van der Waals surface area contributed by atoms with E-state index in [0.717, 1.165) is 47.0 Å². The molecule has 0 radical (unpaired) electrons. The van der Waals surface area contributed by atoms with Crippen LogP contribution in [-0.2, 0) is 11.2 Å². The molecule has 4 aromatic rings. The summed E-state index contributed by atoms with van der Waals surface area (Å²) in [6.07, 6.45) is 2.05. The highest BCUT2D eigenvalue weighted by Gasteiger charge is 2.23. The molecule has 0 unspecified atom stereocenters. The summed E-state index contributed by atoms with van der Waals surface area (Å²) in [5.41, 5.74) is 6.59. The van der Waals surface area contributed by atoms with Crippen LogP contribution in [0.25, 0.3) is 16.7 Å².